The molecule has 0 aliphatic rings. The van der Waals surface area contributed by atoms with Crippen LogP contribution in [0.25, 0.3) is 0 Å². The number of alkyl halides is 3. The van der Waals surface area contributed by atoms with Gasteiger partial charge in [-0.05, 0) is 24.0 Å². The summed E-state index contributed by atoms with van der Waals surface area (Å²) in [6, 6.07) is 2.45. The van der Waals surface area contributed by atoms with E-state index >= 15 is 0 Å². The summed E-state index contributed by atoms with van der Waals surface area (Å²) in [6.45, 7) is 8.23. The highest BCUT2D eigenvalue weighted by molar-refractivity contribution is 8.00. The molecule has 0 saturated carbocycles. The van der Waals surface area contributed by atoms with Gasteiger partial charge in [-0.1, -0.05) is 27.7 Å². The third-order valence-electron chi connectivity index (χ3n) is 3.03. The van der Waals surface area contributed by atoms with Crippen molar-refractivity contribution < 1.29 is 13.2 Å². The number of thioether (sulfide) groups is 1. The minimum atomic E-state index is -4.35. The summed E-state index contributed by atoms with van der Waals surface area (Å²) in [7, 11) is 0. The van der Waals surface area contributed by atoms with Gasteiger partial charge in [-0.15, -0.1) is 11.8 Å². The lowest BCUT2D eigenvalue weighted by molar-refractivity contribution is -0.137. The molecule has 0 aromatic carbocycles. The van der Waals surface area contributed by atoms with Crippen LogP contribution in [0.1, 0.15) is 39.7 Å². The minimum Gasteiger partial charge on any atom is -0.327 e. The molecule has 2 nitrogen and oxygen atoms in total. The van der Waals surface area contributed by atoms with Crippen molar-refractivity contribution >= 4 is 11.8 Å². The van der Waals surface area contributed by atoms with Crippen molar-refractivity contribution in [2.45, 2.75) is 56.6 Å². The Kier molecular flexibility index (Phi) is 5.49. The normalized spacial score (nSPS) is 16.0. The van der Waals surface area contributed by atoms with Crippen molar-refractivity contribution in [1.29, 1.82) is 0 Å². The molecule has 0 amide bonds. The molecule has 20 heavy (non-hydrogen) atoms. The zero-order chi connectivity index (χ0) is 15.6. The van der Waals surface area contributed by atoms with Crippen molar-refractivity contribution in [3.05, 3.63) is 23.9 Å². The van der Waals surface area contributed by atoms with Gasteiger partial charge in [0.05, 0.1) is 10.6 Å². The van der Waals surface area contributed by atoms with Crippen LogP contribution in [-0.4, -0.2) is 16.3 Å². The molecule has 0 aliphatic carbocycles. The highest BCUT2D eigenvalue weighted by Crippen LogP contribution is 2.37. The van der Waals surface area contributed by atoms with Crippen LogP contribution in [0.15, 0.2) is 23.4 Å². The van der Waals surface area contributed by atoms with Gasteiger partial charge < -0.3 is 5.73 Å². The Morgan fingerprint density at radius 3 is 2.20 bits per heavy atom. The lowest BCUT2D eigenvalue weighted by Crippen LogP contribution is -2.40. The molecular formula is C14H21F3N2S. The van der Waals surface area contributed by atoms with Crippen LogP contribution < -0.4 is 5.73 Å². The molecule has 2 unspecified atom stereocenters. The number of hydrogen-bond donors (Lipinski definition) is 1. The summed E-state index contributed by atoms with van der Waals surface area (Å²) in [6.07, 6.45) is -2.66. The first-order valence-electron chi connectivity index (χ1n) is 6.51. The van der Waals surface area contributed by atoms with Gasteiger partial charge in [0.2, 0.25) is 0 Å². The zero-order valence-electron chi connectivity index (χ0n) is 12.2. The van der Waals surface area contributed by atoms with Crippen molar-refractivity contribution in [2.24, 2.45) is 11.1 Å². The van der Waals surface area contributed by atoms with Gasteiger partial charge in [0.1, 0.15) is 0 Å². The average Bonchev–Trinajstić information content (AvgIpc) is 2.33. The number of nitrogens with zero attached hydrogens (tertiary/aromatic N) is 1. The molecule has 0 bridgehead atoms. The van der Waals surface area contributed by atoms with Crippen LogP contribution in [0.4, 0.5) is 13.2 Å². The molecule has 2 atom stereocenters. The van der Waals surface area contributed by atoms with Crippen molar-refractivity contribution in [2.75, 3.05) is 0 Å². The second kappa shape index (κ2) is 6.35. The highest BCUT2D eigenvalue weighted by atomic mass is 32.2. The van der Waals surface area contributed by atoms with Crippen LogP contribution in [0.5, 0.6) is 0 Å². The number of aromatic nitrogens is 1. The van der Waals surface area contributed by atoms with Crippen LogP contribution >= 0.6 is 11.8 Å². The van der Waals surface area contributed by atoms with Gasteiger partial charge in [0.15, 0.2) is 0 Å². The van der Waals surface area contributed by atoms with Gasteiger partial charge in [-0.2, -0.15) is 13.2 Å². The molecule has 6 heteroatoms. The molecule has 1 aromatic rings. The zero-order valence-corrected chi connectivity index (χ0v) is 13.0. The summed E-state index contributed by atoms with van der Waals surface area (Å²) in [5, 5.41) is 0.665. The van der Waals surface area contributed by atoms with E-state index in [1.165, 1.54) is 17.8 Å². The Bertz CT molecular complexity index is 424. The van der Waals surface area contributed by atoms with E-state index in [-0.39, 0.29) is 16.7 Å². The third-order valence-corrected chi connectivity index (χ3v) is 4.82. The second-order valence-electron chi connectivity index (χ2n) is 5.86. The molecule has 1 heterocycles. The molecule has 0 spiro atoms. The molecule has 1 aromatic heterocycles. The lowest BCUT2D eigenvalue weighted by Gasteiger charge is -2.34. The number of nitrogens with two attached hydrogens (primary N) is 1. The maximum absolute atomic E-state index is 12.5. The Hall–Kier alpha value is -0.750. The molecule has 114 valence electrons. The SMILES string of the molecule is CCC(N)C(Sc1ccc(C(F)(F)F)cn1)C(C)(C)C. The first-order valence-corrected chi connectivity index (χ1v) is 7.39. The largest absolute Gasteiger partial charge is 0.417 e. The fourth-order valence-electron chi connectivity index (χ4n) is 1.87. The molecule has 0 radical (unpaired) electrons. The van der Waals surface area contributed by atoms with Crippen LogP contribution in [-0.2, 0) is 6.18 Å². The summed E-state index contributed by atoms with van der Waals surface area (Å²) in [5.41, 5.74) is 5.34. The number of pyridine rings is 1. The molecular weight excluding hydrogens is 285 g/mol. The first-order chi connectivity index (χ1) is 9.05. The molecule has 2 N–H and O–H groups in total. The monoisotopic (exact) mass is 306 g/mol. The molecule has 1 rings (SSSR count). The van der Waals surface area contributed by atoms with E-state index in [2.05, 4.69) is 25.8 Å². The smallest absolute Gasteiger partial charge is 0.327 e. The van der Waals surface area contributed by atoms with Crippen LogP contribution in [0.3, 0.4) is 0 Å². The summed E-state index contributed by atoms with van der Waals surface area (Å²) >= 11 is 1.44. The number of rotatable bonds is 4. The van der Waals surface area contributed by atoms with Gasteiger partial charge in [0, 0.05) is 17.5 Å². The van der Waals surface area contributed by atoms with Gasteiger partial charge in [-0.25, -0.2) is 4.98 Å². The molecule has 0 fully saturated rings. The first kappa shape index (κ1) is 17.3. The van der Waals surface area contributed by atoms with Gasteiger partial charge in [0.25, 0.3) is 0 Å². The predicted molar refractivity (Wildman–Crippen MR) is 76.6 cm³/mol. The second-order valence-corrected chi connectivity index (χ2v) is 7.02. The quantitative estimate of drug-likeness (QED) is 0.841. The Morgan fingerprint density at radius 1 is 1.25 bits per heavy atom. The van der Waals surface area contributed by atoms with Crippen molar-refractivity contribution in [3.8, 4) is 0 Å². The maximum atomic E-state index is 12.5. The van der Waals surface area contributed by atoms with Crippen LogP contribution in [0.2, 0.25) is 0 Å². The summed E-state index contributed by atoms with van der Waals surface area (Å²) < 4.78 is 37.5. The number of halogens is 3. The van der Waals surface area contributed by atoms with E-state index in [0.29, 0.717) is 5.03 Å². The van der Waals surface area contributed by atoms with Crippen molar-refractivity contribution in [1.82, 2.24) is 4.98 Å². The summed E-state index contributed by atoms with van der Waals surface area (Å²) in [5.74, 6) is 0. The molecule has 0 saturated heterocycles. The van der Waals surface area contributed by atoms with E-state index in [4.69, 9.17) is 5.73 Å². The molecule has 0 aliphatic heterocycles. The topological polar surface area (TPSA) is 38.9 Å². The van der Waals surface area contributed by atoms with E-state index in [9.17, 15) is 13.2 Å². The Balaban J connectivity index is 2.90. The predicted octanol–water partition coefficient (Wildman–Crippen LogP) is 4.34. The average molecular weight is 306 g/mol. The van der Waals surface area contributed by atoms with Crippen molar-refractivity contribution in [3.63, 3.8) is 0 Å². The number of hydrogen-bond acceptors (Lipinski definition) is 3. The van der Waals surface area contributed by atoms with E-state index in [0.717, 1.165) is 18.7 Å². The Labute approximate surface area is 122 Å². The van der Waals surface area contributed by atoms with E-state index in [1.807, 2.05) is 6.92 Å². The maximum Gasteiger partial charge on any atom is 0.417 e. The van der Waals surface area contributed by atoms with Gasteiger partial charge in [-0.3, -0.25) is 0 Å². The third kappa shape index (κ3) is 4.66. The lowest BCUT2D eigenvalue weighted by atomic mass is 9.87. The van der Waals surface area contributed by atoms with Crippen LogP contribution in [0, 0.1) is 5.41 Å². The standard InChI is InChI=1S/C14H21F3N2S/c1-5-10(18)12(13(2,3)4)20-11-7-6-9(8-19-11)14(15,16)17/h6-8,10,12H,5,18H2,1-4H3. The minimum absolute atomic E-state index is 0.0240. The Morgan fingerprint density at radius 2 is 1.85 bits per heavy atom. The fraction of sp³-hybridized carbons (Fsp3) is 0.643. The fourth-order valence-corrected chi connectivity index (χ4v) is 3.11. The van der Waals surface area contributed by atoms with Gasteiger partial charge >= 0.3 is 6.18 Å². The van der Waals surface area contributed by atoms with E-state index in [1.54, 1.807) is 0 Å². The highest BCUT2D eigenvalue weighted by Gasteiger charge is 2.32. The summed E-state index contributed by atoms with van der Waals surface area (Å²) in [4.78, 5) is 3.90. The van der Waals surface area contributed by atoms with E-state index < -0.39 is 11.7 Å².